The fourth-order valence-electron chi connectivity index (χ4n) is 1.95. The zero-order valence-electron chi connectivity index (χ0n) is 9.89. The summed E-state index contributed by atoms with van der Waals surface area (Å²) in [6.45, 7) is 0.410. The summed E-state index contributed by atoms with van der Waals surface area (Å²) in [5, 5.41) is 11.6. The van der Waals surface area contributed by atoms with Crippen LogP contribution < -0.4 is 5.32 Å². The smallest absolute Gasteiger partial charge is 0.345 e. The highest BCUT2D eigenvalue weighted by Gasteiger charge is 2.14. The molecule has 0 saturated carbocycles. The van der Waals surface area contributed by atoms with Crippen LogP contribution in [0.4, 0.5) is 0 Å². The summed E-state index contributed by atoms with van der Waals surface area (Å²) in [5.74, 6) is -0.534. The van der Waals surface area contributed by atoms with Gasteiger partial charge in [0.15, 0.2) is 0 Å². The molecule has 1 heterocycles. The lowest BCUT2D eigenvalue weighted by atomic mass is 10.1. The zero-order valence-corrected chi connectivity index (χ0v) is 10.7. The molecule has 18 heavy (non-hydrogen) atoms. The molecule has 1 aromatic heterocycles. The van der Waals surface area contributed by atoms with Gasteiger partial charge in [-0.3, -0.25) is 4.79 Å². The van der Waals surface area contributed by atoms with Crippen LogP contribution in [0.25, 0.3) is 0 Å². The summed E-state index contributed by atoms with van der Waals surface area (Å²) in [6.07, 6.45) is 6.83. The second-order valence-electron chi connectivity index (χ2n) is 4.32. The molecule has 1 aliphatic rings. The van der Waals surface area contributed by atoms with Crippen molar-refractivity contribution in [3.63, 3.8) is 0 Å². The van der Waals surface area contributed by atoms with Crippen LogP contribution in [0.5, 0.6) is 0 Å². The van der Waals surface area contributed by atoms with Crippen molar-refractivity contribution >= 4 is 23.2 Å². The average molecular weight is 265 g/mol. The number of allylic oxidation sites excluding steroid dienone is 2. The molecule has 0 radical (unpaired) electrons. The Morgan fingerprint density at radius 2 is 2.28 bits per heavy atom. The molecule has 0 fully saturated rings. The number of carbonyl (C=O) groups is 2. The quantitative estimate of drug-likeness (QED) is 0.803. The molecule has 0 saturated heterocycles. The number of carboxylic acids is 1. The normalized spacial score (nSPS) is 17.9. The van der Waals surface area contributed by atoms with Crippen LogP contribution in [0.3, 0.4) is 0 Å². The Morgan fingerprint density at radius 1 is 1.44 bits per heavy atom. The topological polar surface area (TPSA) is 66.4 Å². The van der Waals surface area contributed by atoms with Gasteiger partial charge in [-0.15, -0.1) is 11.3 Å². The van der Waals surface area contributed by atoms with E-state index in [9.17, 15) is 9.59 Å². The number of carbonyl (C=O) groups excluding carboxylic acids is 1. The largest absolute Gasteiger partial charge is 0.477 e. The van der Waals surface area contributed by atoms with Crippen LogP contribution in [-0.4, -0.2) is 17.0 Å². The standard InChI is InChI=1S/C13H15NO3S/c15-12(7-9-3-1-2-4-9)14-8-10-5-6-11(18-10)13(16)17/h1,3,5-6,9H,2,4,7-8H2,(H,14,15)(H,16,17). The number of nitrogens with one attached hydrogen (secondary N) is 1. The molecule has 5 heteroatoms. The average Bonchev–Trinajstić information content (AvgIpc) is 2.96. The maximum atomic E-state index is 11.7. The highest BCUT2D eigenvalue weighted by Crippen LogP contribution is 2.20. The molecule has 2 rings (SSSR count). The van der Waals surface area contributed by atoms with Crippen LogP contribution >= 0.6 is 11.3 Å². The van der Waals surface area contributed by atoms with Crippen molar-refractivity contribution in [1.82, 2.24) is 5.32 Å². The Hall–Kier alpha value is -1.62. The lowest BCUT2D eigenvalue weighted by Gasteiger charge is -2.07. The first-order valence-corrected chi connectivity index (χ1v) is 6.72. The van der Waals surface area contributed by atoms with Gasteiger partial charge in [-0.2, -0.15) is 0 Å². The Balaban J connectivity index is 1.77. The van der Waals surface area contributed by atoms with Crippen LogP contribution in [0.15, 0.2) is 24.3 Å². The first-order chi connectivity index (χ1) is 8.65. The van der Waals surface area contributed by atoms with Gasteiger partial charge in [0.1, 0.15) is 4.88 Å². The molecule has 0 aromatic carbocycles. The van der Waals surface area contributed by atoms with Crippen LogP contribution in [-0.2, 0) is 11.3 Å². The summed E-state index contributed by atoms with van der Waals surface area (Å²) < 4.78 is 0. The van der Waals surface area contributed by atoms with Crippen molar-refractivity contribution in [3.05, 3.63) is 34.0 Å². The van der Waals surface area contributed by atoms with E-state index in [1.165, 1.54) is 11.3 Å². The first kappa shape index (κ1) is 12.8. The minimum atomic E-state index is -0.923. The van der Waals surface area contributed by atoms with E-state index in [0.717, 1.165) is 17.7 Å². The Bertz CT molecular complexity index is 478. The SMILES string of the molecule is O=C(CC1C=CCC1)NCc1ccc(C(=O)O)s1. The highest BCUT2D eigenvalue weighted by atomic mass is 32.1. The molecular weight excluding hydrogens is 250 g/mol. The third-order valence-electron chi connectivity index (χ3n) is 2.89. The van der Waals surface area contributed by atoms with Gasteiger partial charge in [-0.05, 0) is 30.9 Å². The van der Waals surface area contributed by atoms with Crippen LogP contribution in [0.2, 0.25) is 0 Å². The van der Waals surface area contributed by atoms with Gasteiger partial charge in [-0.1, -0.05) is 12.2 Å². The molecule has 0 aliphatic heterocycles. The van der Waals surface area contributed by atoms with E-state index in [1.807, 2.05) is 0 Å². The third kappa shape index (κ3) is 3.43. The number of hydrogen-bond acceptors (Lipinski definition) is 3. The van der Waals surface area contributed by atoms with Gasteiger partial charge in [0, 0.05) is 11.3 Å². The molecule has 1 atom stereocenters. The molecule has 1 aliphatic carbocycles. The van der Waals surface area contributed by atoms with E-state index in [4.69, 9.17) is 5.11 Å². The molecular formula is C13H15NO3S. The van der Waals surface area contributed by atoms with Gasteiger partial charge in [0.25, 0.3) is 0 Å². The van der Waals surface area contributed by atoms with Gasteiger partial charge in [0.05, 0.1) is 6.54 Å². The number of carboxylic acid groups (broad SMARTS) is 1. The monoisotopic (exact) mass is 265 g/mol. The maximum Gasteiger partial charge on any atom is 0.345 e. The minimum absolute atomic E-state index is 0.0248. The molecule has 96 valence electrons. The first-order valence-electron chi connectivity index (χ1n) is 5.90. The number of amides is 1. The van der Waals surface area contributed by atoms with Gasteiger partial charge in [-0.25, -0.2) is 4.79 Å². The number of aromatic carboxylic acids is 1. The van der Waals surface area contributed by atoms with Crippen LogP contribution in [0.1, 0.15) is 33.8 Å². The lowest BCUT2D eigenvalue weighted by Crippen LogP contribution is -2.23. The second kappa shape index (κ2) is 5.82. The molecule has 0 bridgehead atoms. The highest BCUT2D eigenvalue weighted by molar-refractivity contribution is 7.13. The van der Waals surface area contributed by atoms with Crippen molar-refractivity contribution in [2.45, 2.75) is 25.8 Å². The Morgan fingerprint density at radius 3 is 2.89 bits per heavy atom. The molecule has 0 spiro atoms. The summed E-state index contributed by atoms with van der Waals surface area (Å²) in [4.78, 5) is 23.5. The van der Waals surface area contributed by atoms with Crippen molar-refractivity contribution in [2.24, 2.45) is 5.92 Å². The minimum Gasteiger partial charge on any atom is -0.477 e. The van der Waals surface area contributed by atoms with E-state index in [2.05, 4.69) is 17.5 Å². The molecule has 1 aromatic rings. The van der Waals surface area contributed by atoms with Crippen molar-refractivity contribution in [2.75, 3.05) is 0 Å². The summed E-state index contributed by atoms with van der Waals surface area (Å²) in [5.41, 5.74) is 0. The molecule has 1 amide bonds. The molecule has 1 unspecified atom stereocenters. The van der Waals surface area contributed by atoms with E-state index >= 15 is 0 Å². The summed E-state index contributed by atoms with van der Waals surface area (Å²) in [7, 11) is 0. The predicted molar refractivity (Wildman–Crippen MR) is 69.6 cm³/mol. The number of thiophene rings is 1. The van der Waals surface area contributed by atoms with Gasteiger partial charge in [0.2, 0.25) is 5.91 Å². The van der Waals surface area contributed by atoms with E-state index in [1.54, 1.807) is 12.1 Å². The molecule has 2 N–H and O–H groups in total. The summed E-state index contributed by atoms with van der Waals surface area (Å²) >= 11 is 1.20. The maximum absolute atomic E-state index is 11.7. The Kier molecular flexibility index (Phi) is 4.15. The third-order valence-corrected chi connectivity index (χ3v) is 3.97. The predicted octanol–water partition coefficient (Wildman–Crippen LogP) is 2.42. The molecule has 4 nitrogen and oxygen atoms in total. The van der Waals surface area contributed by atoms with E-state index < -0.39 is 5.97 Å². The van der Waals surface area contributed by atoms with E-state index in [-0.39, 0.29) is 5.91 Å². The summed E-state index contributed by atoms with van der Waals surface area (Å²) in [6, 6.07) is 3.30. The Labute approximate surface area is 109 Å². The zero-order chi connectivity index (χ0) is 13.0. The number of rotatable bonds is 5. The lowest BCUT2D eigenvalue weighted by molar-refractivity contribution is -0.121. The second-order valence-corrected chi connectivity index (χ2v) is 5.49. The van der Waals surface area contributed by atoms with Gasteiger partial charge >= 0.3 is 5.97 Å². The van der Waals surface area contributed by atoms with E-state index in [0.29, 0.717) is 23.8 Å². The van der Waals surface area contributed by atoms with Gasteiger partial charge < -0.3 is 10.4 Å². The van der Waals surface area contributed by atoms with Crippen molar-refractivity contribution in [1.29, 1.82) is 0 Å². The van der Waals surface area contributed by atoms with Crippen molar-refractivity contribution in [3.8, 4) is 0 Å². The number of hydrogen-bond donors (Lipinski definition) is 2. The van der Waals surface area contributed by atoms with Crippen molar-refractivity contribution < 1.29 is 14.7 Å². The fourth-order valence-corrected chi connectivity index (χ4v) is 2.74. The van der Waals surface area contributed by atoms with Crippen LogP contribution in [0, 0.1) is 5.92 Å². The fraction of sp³-hybridized carbons (Fsp3) is 0.385.